The van der Waals surface area contributed by atoms with E-state index in [9.17, 15) is 4.79 Å². The third-order valence-corrected chi connectivity index (χ3v) is 3.93. The topological polar surface area (TPSA) is 84.1 Å². The second-order valence-corrected chi connectivity index (χ2v) is 5.45. The summed E-state index contributed by atoms with van der Waals surface area (Å²) < 4.78 is 0. The zero-order valence-corrected chi connectivity index (χ0v) is 12.3. The molecule has 3 rings (SSSR count). The summed E-state index contributed by atoms with van der Waals surface area (Å²) in [5.41, 5.74) is 6.79. The van der Waals surface area contributed by atoms with Crippen molar-refractivity contribution >= 4 is 17.4 Å². The van der Waals surface area contributed by atoms with Gasteiger partial charge < -0.3 is 16.0 Å². The number of primary amides is 1. The first-order valence-corrected chi connectivity index (χ1v) is 7.37. The van der Waals surface area contributed by atoms with Crippen molar-refractivity contribution in [3.05, 3.63) is 48.4 Å². The Balaban J connectivity index is 1.62. The Labute approximate surface area is 129 Å². The van der Waals surface area contributed by atoms with Gasteiger partial charge in [-0.3, -0.25) is 9.78 Å². The Morgan fingerprint density at radius 3 is 3.05 bits per heavy atom. The van der Waals surface area contributed by atoms with Gasteiger partial charge in [0.05, 0.1) is 11.3 Å². The molecule has 1 fully saturated rings. The van der Waals surface area contributed by atoms with Gasteiger partial charge in [0.2, 0.25) is 0 Å². The first kappa shape index (κ1) is 14.3. The average Bonchev–Trinajstić information content (AvgIpc) is 3.03. The van der Waals surface area contributed by atoms with Crippen molar-refractivity contribution < 1.29 is 4.79 Å². The summed E-state index contributed by atoms with van der Waals surface area (Å²) in [5, 5.41) is 3.35. The number of pyridine rings is 2. The van der Waals surface area contributed by atoms with E-state index in [4.69, 9.17) is 5.73 Å². The fourth-order valence-electron chi connectivity index (χ4n) is 2.79. The number of hydrogen-bond acceptors (Lipinski definition) is 5. The number of carbonyl (C=O) groups excluding carboxylic acids is 1. The highest BCUT2D eigenvalue weighted by Gasteiger charge is 2.25. The van der Waals surface area contributed by atoms with Crippen LogP contribution in [0.25, 0.3) is 0 Å². The van der Waals surface area contributed by atoms with Crippen molar-refractivity contribution in [2.24, 2.45) is 11.7 Å². The molecule has 0 aliphatic carbocycles. The molecule has 22 heavy (non-hydrogen) atoms. The molecule has 0 radical (unpaired) electrons. The van der Waals surface area contributed by atoms with Gasteiger partial charge in [0.1, 0.15) is 5.82 Å². The van der Waals surface area contributed by atoms with Crippen LogP contribution >= 0.6 is 0 Å². The van der Waals surface area contributed by atoms with Crippen molar-refractivity contribution in [2.45, 2.75) is 6.42 Å². The van der Waals surface area contributed by atoms with Crippen molar-refractivity contribution in [3.63, 3.8) is 0 Å². The highest BCUT2D eigenvalue weighted by Crippen LogP contribution is 2.26. The third-order valence-electron chi connectivity index (χ3n) is 3.93. The van der Waals surface area contributed by atoms with Gasteiger partial charge >= 0.3 is 0 Å². The van der Waals surface area contributed by atoms with Crippen LogP contribution in [-0.4, -0.2) is 35.5 Å². The Kier molecular flexibility index (Phi) is 4.18. The summed E-state index contributed by atoms with van der Waals surface area (Å²) in [7, 11) is 0. The molecule has 2 aromatic heterocycles. The molecule has 6 nitrogen and oxygen atoms in total. The lowest BCUT2D eigenvalue weighted by molar-refractivity contribution is 0.100. The zero-order valence-electron chi connectivity index (χ0n) is 12.3. The van der Waals surface area contributed by atoms with Gasteiger partial charge in [0.25, 0.3) is 5.91 Å². The minimum absolute atomic E-state index is 0.432. The molecule has 1 atom stereocenters. The Morgan fingerprint density at radius 2 is 2.27 bits per heavy atom. The number of anilines is 2. The standard InChI is InChI=1S/C16H19N5O/c17-16(22)13-10-18-7-4-14(13)21-8-5-12(11-21)9-20-15-3-1-2-6-19-15/h1-4,6-7,10,12H,5,8-9,11H2,(H2,17,22)(H,19,20). The highest BCUT2D eigenvalue weighted by molar-refractivity contribution is 5.98. The fraction of sp³-hybridized carbons (Fsp3) is 0.312. The summed E-state index contributed by atoms with van der Waals surface area (Å²) >= 11 is 0. The van der Waals surface area contributed by atoms with Crippen LogP contribution in [0, 0.1) is 5.92 Å². The minimum atomic E-state index is -0.432. The molecule has 0 aromatic carbocycles. The molecule has 2 aromatic rings. The van der Waals surface area contributed by atoms with Crippen molar-refractivity contribution in [1.82, 2.24) is 9.97 Å². The van der Waals surface area contributed by atoms with Gasteiger partial charge in [-0.25, -0.2) is 4.98 Å². The average molecular weight is 297 g/mol. The first-order valence-electron chi connectivity index (χ1n) is 7.37. The third kappa shape index (κ3) is 3.16. The molecule has 0 bridgehead atoms. The Morgan fingerprint density at radius 1 is 1.36 bits per heavy atom. The molecule has 6 heteroatoms. The number of nitrogens with one attached hydrogen (secondary N) is 1. The molecule has 1 amide bonds. The summed E-state index contributed by atoms with van der Waals surface area (Å²) in [6.07, 6.45) is 6.08. The minimum Gasteiger partial charge on any atom is -0.370 e. The van der Waals surface area contributed by atoms with E-state index >= 15 is 0 Å². The highest BCUT2D eigenvalue weighted by atomic mass is 16.1. The van der Waals surface area contributed by atoms with Crippen LogP contribution in [-0.2, 0) is 0 Å². The predicted molar refractivity (Wildman–Crippen MR) is 85.8 cm³/mol. The quantitative estimate of drug-likeness (QED) is 0.874. The maximum Gasteiger partial charge on any atom is 0.252 e. The largest absolute Gasteiger partial charge is 0.370 e. The van der Waals surface area contributed by atoms with Gasteiger partial charge in [0, 0.05) is 38.2 Å². The van der Waals surface area contributed by atoms with Crippen LogP contribution in [0.4, 0.5) is 11.5 Å². The van der Waals surface area contributed by atoms with Gasteiger partial charge in [-0.15, -0.1) is 0 Å². The molecular formula is C16H19N5O. The van der Waals surface area contributed by atoms with Gasteiger partial charge in [-0.05, 0) is 30.5 Å². The number of rotatable bonds is 5. The Hall–Kier alpha value is -2.63. The SMILES string of the molecule is NC(=O)c1cnccc1N1CCC(CNc2ccccn2)C1. The molecule has 3 heterocycles. The van der Waals surface area contributed by atoms with E-state index in [0.717, 1.165) is 37.6 Å². The summed E-state index contributed by atoms with van der Waals surface area (Å²) in [4.78, 5) is 22.0. The van der Waals surface area contributed by atoms with Crippen LogP contribution < -0.4 is 16.0 Å². The first-order chi connectivity index (χ1) is 10.7. The maximum absolute atomic E-state index is 11.5. The number of aromatic nitrogens is 2. The number of nitrogens with zero attached hydrogens (tertiary/aromatic N) is 3. The van der Waals surface area contributed by atoms with E-state index in [0.29, 0.717) is 11.5 Å². The number of carbonyl (C=O) groups is 1. The number of hydrogen-bond donors (Lipinski definition) is 2. The molecular weight excluding hydrogens is 278 g/mol. The predicted octanol–water partition coefficient (Wildman–Crippen LogP) is 1.51. The van der Waals surface area contributed by atoms with E-state index in [1.807, 2.05) is 24.3 Å². The Bertz CT molecular complexity index is 646. The maximum atomic E-state index is 11.5. The van der Waals surface area contributed by atoms with E-state index < -0.39 is 5.91 Å². The molecule has 114 valence electrons. The molecule has 0 saturated carbocycles. The van der Waals surface area contributed by atoms with Crippen LogP contribution in [0.2, 0.25) is 0 Å². The zero-order chi connectivity index (χ0) is 15.4. The molecule has 1 unspecified atom stereocenters. The normalized spacial score (nSPS) is 17.5. The van der Waals surface area contributed by atoms with Crippen molar-refractivity contribution in [1.29, 1.82) is 0 Å². The summed E-state index contributed by atoms with van der Waals surface area (Å²) in [6, 6.07) is 7.68. The van der Waals surface area contributed by atoms with Crippen molar-refractivity contribution in [2.75, 3.05) is 29.9 Å². The number of amides is 1. The summed E-state index contributed by atoms with van der Waals surface area (Å²) in [5.74, 6) is 0.969. The molecule has 1 saturated heterocycles. The smallest absolute Gasteiger partial charge is 0.252 e. The van der Waals surface area contributed by atoms with E-state index in [1.165, 1.54) is 6.20 Å². The van der Waals surface area contributed by atoms with E-state index in [1.54, 1.807) is 12.4 Å². The molecule has 1 aliphatic heterocycles. The van der Waals surface area contributed by atoms with Crippen molar-refractivity contribution in [3.8, 4) is 0 Å². The molecule has 1 aliphatic rings. The lowest BCUT2D eigenvalue weighted by Gasteiger charge is -2.20. The number of nitrogens with two attached hydrogens (primary N) is 1. The van der Waals surface area contributed by atoms with Gasteiger partial charge in [-0.2, -0.15) is 0 Å². The van der Waals surface area contributed by atoms with Gasteiger partial charge in [-0.1, -0.05) is 6.07 Å². The second-order valence-electron chi connectivity index (χ2n) is 5.45. The van der Waals surface area contributed by atoms with E-state index in [2.05, 4.69) is 20.2 Å². The second kappa shape index (κ2) is 6.43. The fourth-order valence-corrected chi connectivity index (χ4v) is 2.79. The molecule has 3 N–H and O–H groups in total. The van der Waals surface area contributed by atoms with E-state index in [-0.39, 0.29) is 0 Å². The van der Waals surface area contributed by atoms with Gasteiger partial charge in [0.15, 0.2) is 0 Å². The monoisotopic (exact) mass is 297 g/mol. The lowest BCUT2D eigenvalue weighted by Crippen LogP contribution is -2.25. The van der Waals surface area contributed by atoms with Crippen LogP contribution in [0.1, 0.15) is 16.8 Å². The summed E-state index contributed by atoms with van der Waals surface area (Å²) in [6.45, 7) is 2.67. The van der Waals surface area contributed by atoms with Crippen LogP contribution in [0.15, 0.2) is 42.9 Å². The van der Waals surface area contributed by atoms with Crippen LogP contribution in [0.5, 0.6) is 0 Å². The van der Waals surface area contributed by atoms with Crippen LogP contribution in [0.3, 0.4) is 0 Å². The lowest BCUT2D eigenvalue weighted by atomic mass is 10.1. The molecule has 0 spiro atoms.